The largest absolute Gasteiger partial charge is 0.340 e. The Kier molecular flexibility index (Phi) is 3.89. The number of carbonyl (C=O) groups is 1. The van der Waals surface area contributed by atoms with Gasteiger partial charge in [0.1, 0.15) is 0 Å². The first-order valence-electron chi connectivity index (χ1n) is 5.27. The fourth-order valence-electron chi connectivity index (χ4n) is 1.55. The molecule has 0 aromatic carbocycles. The van der Waals surface area contributed by atoms with E-state index in [0.29, 0.717) is 0 Å². The second-order valence-electron chi connectivity index (χ2n) is 4.27. The molecule has 0 aromatic rings. The maximum Gasteiger partial charge on any atom is 0.242 e. The standard InChI is InChI=1S/C10H21N3O/c1-10(2,11-3)9(14)13-7-4-5-12-6-8-13/h11-12H,4-8H2,1-3H3. The molecule has 0 bridgehead atoms. The molecule has 1 aliphatic rings. The van der Waals surface area contributed by atoms with Gasteiger partial charge in [-0.3, -0.25) is 4.79 Å². The first-order chi connectivity index (χ1) is 6.58. The lowest BCUT2D eigenvalue weighted by Crippen LogP contribution is -2.53. The average Bonchev–Trinajstić information content (AvgIpc) is 2.44. The molecule has 0 unspecified atom stereocenters. The monoisotopic (exact) mass is 199 g/mol. The van der Waals surface area contributed by atoms with Crippen LogP contribution in [0.25, 0.3) is 0 Å². The van der Waals surface area contributed by atoms with Gasteiger partial charge >= 0.3 is 0 Å². The van der Waals surface area contributed by atoms with E-state index in [9.17, 15) is 4.79 Å². The Balaban J connectivity index is 2.58. The quantitative estimate of drug-likeness (QED) is 0.648. The van der Waals surface area contributed by atoms with Crippen LogP contribution in [0, 0.1) is 0 Å². The normalized spacial score (nSPS) is 19.2. The van der Waals surface area contributed by atoms with Gasteiger partial charge in [0.15, 0.2) is 0 Å². The maximum atomic E-state index is 12.0. The predicted octanol–water partition coefficient (Wildman–Crippen LogP) is -0.194. The van der Waals surface area contributed by atoms with E-state index in [1.165, 1.54) is 0 Å². The molecule has 1 saturated heterocycles. The van der Waals surface area contributed by atoms with E-state index < -0.39 is 5.54 Å². The van der Waals surface area contributed by atoms with Gasteiger partial charge in [0.25, 0.3) is 0 Å². The summed E-state index contributed by atoms with van der Waals surface area (Å²) in [6.45, 7) is 7.47. The van der Waals surface area contributed by atoms with Crippen LogP contribution in [0.1, 0.15) is 20.3 Å². The van der Waals surface area contributed by atoms with Crippen molar-refractivity contribution >= 4 is 5.91 Å². The van der Waals surface area contributed by atoms with E-state index in [0.717, 1.165) is 32.6 Å². The Labute approximate surface area is 86.0 Å². The van der Waals surface area contributed by atoms with Crippen LogP contribution in [-0.2, 0) is 4.79 Å². The van der Waals surface area contributed by atoms with Crippen molar-refractivity contribution in [2.75, 3.05) is 33.2 Å². The molecule has 0 aromatic heterocycles. The van der Waals surface area contributed by atoms with Gasteiger partial charge in [-0.1, -0.05) is 0 Å². The lowest BCUT2D eigenvalue weighted by Gasteiger charge is -2.30. The zero-order valence-corrected chi connectivity index (χ0v) is 9.39. The maximum absolute atomic E-state index is 12.0. The van der Waals surface area contributed by atoms with Gasteiger partial charge in [0.2, 0.25) is 5.91 Å². The van der Waals surface area contributed by atoms with Crippen LogP contribution in [0.4, 0.5) is 0 Å². The molecule has 0 saturated carbocycles. The van der Waals surface area contributed by atoms with Gasteiger partial charge in [-0.25, -0.2) is 0 Å². The van der Waals surface area contributed by atoms with Crippen LogP contribution in [0.5, 0.6) is 0 Å². The number of rotatable bonds is 2. The summed E-state index contributed by atoms with van der Waals surface area (Å²) in [5.74, 6) is 0.198. The zero-order valence-electron chi connectivity index (χ0n) is 9.39. The number of likely N-dealkylation sites (N-methyl/N-ethyl adjacent to an activating group) is 1. The third kappa shape index (κ3) is 2.69. The van der Waals surface area contributed by atoms with Crippen LogP contribution in [0.3, 0.4) is 0 Å². The highest BCUT2D eigenvalue weighted by atomic mass is 16.2. The number of nitrogens with one attached hydrogen (secondary N) is 2. The van der Waals surface area contributed by atoms with Gasteiger partial charge in [0.05, 0.1) is 5.54 Å². The van der Waals surface area contributed by atoms with Crippen LogP contribution in [-0.4, -0.2) is 49.6 Å². The fraction of sp³-hybridized carbons (Fsp3) is 0.900. The SMILES string of the molecule is CNC(C)(C)C(=O)N1CCCNCC1. The summed E-state index contributed by atoms with van der Waals surface area (Å²) >= 11 is 0. The van der Waals surface area contributed by atoms with Crippen molar-refractivity contribution in [2.24, 2.45) is 0 Å². The summed E-state index contributed by atoms with van der Waals surface area (Å²) in [4.78, 5) is 14.0. The van der Waals surface area contributed by atoms with Gasteiger partial charge in [-0.15, -0.1) is 0 Å². The molecular formula is C10H21N3O. The minimum absolute atomic E-state index is 0.198. The minimum Gasteiger partial charge on any atom is -0.340 e. The Morgan fingerprint density at radius 3 is 2.71 bits per heavy atom. The van der Waals surface area contributed by atoms with E-state index in [4.69, 9.17) is 0 Å². The molecule has 0 aliphatic carbocycles. The number of carbonyl (C=O) groups excluding carboxylic acids is 1. The van der Waals surface area contributed by atoms with Gasteiger partial charge in [-0.2, -0.15) is 0 Å². The summed E-state index contributed by atoms with van der Waals surface area (Å²) in [7, 11) is 1.83. The van der Waals surface area contributed by atoms with Crippen LogP contribution in [0.2, 0.25) is 0 Å². The molecule has 0 spiro atoms. The number of hydrogen-bond acceptors (Lipinski definition) is 3. The van der Waals surface area contributed by atoms with E-state index in [1.54, 1.807) is 0 Å². The second-order valence-corrected chi connectivity index (χ2v) is 4.27. The van der Waals surface area contributed by atoms with Crippen molar-refractivity contribution in [2.45, 2.75) is 25.8 Å². The predicted molar refractivity (Wildman–Crippen MR) is 57.2 cm³/mol. The van der Waals surface area contributed by atoms with Crippen LogP contribution in [0.15, 0.2) is 0 Å². The van der Waals surface area contributed by atoms with Crippen molar-refractivity contribution in [1.29, 1.82) is 0 Å². The molecule has 4 nitrogen and oxygen atoms in total. The van der Waals surface area contributed by atoms with Crippen molar-refractivity contribution in [3.8, 4) is 0 Å². The Morgan fingerprint density at radius 1 is 1.36 bits per heavy atom. The topological polar surface area (TPSA) is 44.4 Å². The molecule has 2 N–H and O–H groups in total. The first kappa shape index (κ1) is 11.5. The lowest BCUT2D eigenvalue weighted by atomic mass is 10.0. The molecule has 1 rings (SSSR count). The molecule has 1 amide bonds. The number of amides is 1. The Morgan fingerprint density at radius 2 is 2.07 bits per heavy atom. The highest BCUT2D eigenvalue weighted by Crippen LogP contribution is 2.08. The smallest absolute Gasteiger partial charge is 0.242 e. The molecule has 0 radical (unpaired) electrons. The third-order valence-corrected chi connectivity index (χ3v) is 2.79. The van der Waals surface area contributed by atoms with Gasteiger partial charge < -0.3 is 15.5 Å². The summed E-state index contributed by atoms with van der Waals surface area (Å²) in [6.07, 6.45) is 1.05. The molecule has 82 valence electrons. The summed E-state index contributed by atoms with van der Waals surface area (Å²) in [5, 5.41) is 6.33. The number of nitrogens with zero attached hydrogens (tertiary/aromatic N) is 1. The zero-order chi connectivity index (χ0) is 10.6. The van der Waals surface area contributed by atoms with Crippen molar-refractivity contribution in [3.63, 3.8) is 0 Å². The van der Waals surface area contributed by atoms with Crippen LogP contribution < -0.4 is 10.6 Å². The van der Waals surface area contributed by atoms with E-state index in [-0.39, 0.29) is 5.91 Å². The van der Waals surface area contributed by atoms with Crippen molar-refractivity contribution in [3.05, 3.63) is 0 Å². The Hall–Kier alpha value is -0.610. The van der Waals surface area contributed by atoms with Gasteiger partial charge in [-0.05, 0) is 33.9 Å². The van der Waals surface area contributed by atoms with Gasteiger partial charge in [0, 0.05) is 19.6 Å². The Bertz CT molecular complexity index is 196. The lowest BCUT2D eigenvalue weighted by molar-refractivity contribution is -0.136. The minimum atomic E-state index is -0.440. The van der Waals surface area contributed by atoms with E-state index in [1.807, 2.05) is 25.8 Å². The summed E-state index contributed by atoms with van der Waals surface area (Å²) in [6, 6.07) is 0. The molecule has 4 heteroatoms. The van der Waals surface area contributed by atoms with E-state index >= 15 is 0 Å². The third-order valence-electron chi connectivity index (χ3n) is 2.79. The second kappa shape index (κ2) is 4.75. The number of hydrogen-bond donors (Lipinski definition) is 2. The van der Waals surface area contributed by atoms with Crippen molar-refractivity contribution < 1.29 is 4.79 Å². The highest BCUT2D eigenvalue weighted by Gasteiger charge is 2.30. The van der Waals surface area contributed by atoms with Crippen LogP contribution >= 0.6 is 0 Å². The summed E-state index contributed by atoms with van der Waals surface area (Å²) in [5.41, 5.74) is -0.440. The molecule has 0 atom stereocenters. The molecule has 1 fully saturated rings. The molecule has 14 heavy (non-hydrogen) atoms. The van der Waals surface area contributed by atoms with E-state index in [2.05, 4.69) is 10.6 Å². The highest BCUT2D eigenvalue weighted by molar-refractivity contribution is 5.85. The fourth-order valence-corrected chi connectivity index (χ4v) is 1.55. The van der Waals surface area contributed by atoms with Crippen molar-refractivity contribution in [1.82, 2.24) is 15.5 Å². The molecule has 1 heterocycles. The molecule has 1 aliphatic heterocycles. The first-order valence-corrected chi connectivity index (χ1v) is 5.27. The molecular weight excluding hydrogens is 178 g/mol. The average molecular weight is 199 g/mol. The summed E-state index contributed by atoms with van der Waals surface area (Å²) < 4.78 is 0.